The Bertz CT molecular complexity index is 441. The van der Waals surface area contributed by atoms with E-state index in [9.17, 15) is 0 Å². The Kier molecular flexibility index (Phi) is 3.23. The van der Waals surface area contributed by atoms with Crippen molar-refractivity contribution in [2.75, 3.05) is 19.0 Å². The van der Waals surface area contributed by atoms with Gasteiger partial charge in [-0.1, -0.05) is 0 Å². The molecule has 2 atom stereocenters. The maximum Gasteiger partial charge on any atom is 0.175 e. The molecular formula is C12H14BrNO2S. The molecule has 0 aliphatic carbocycles. The Labute approximate surface area is 113 Å². The molecule has 0 saturated carbocycles. The van der Waals surface area contributed by atoms with E-state index in [1.165, 1.54) is 5.56 Å². The Hall–Kier alpha value is -0.390. The molecule has 1 aromatic rings. The van der Waals surface area contributed by atoms with Gasteiger partial charge in [0.1, 0.15) is 13.2 Å². The first kappa shape index (κ1) is 11.7. The molecule has 0 spiro atoms. The number of halogens is 1. The molecule has 2 heterocycles. The molecule has 5 heteroatoms. The van der Waals surface area contributed by atoms with Gasteiger partial charge < -0.3 is 9.47 Å². The fourth-order valence-electron chi connectivity index (χ4n) is 2.07. The summed E-state index contributed by atoms with van der Waals surface area (Å²) >= 11 is 5.49. The third kappa shape index (κ3) is 2.28. The van der Waals surface area contributed by atoms with Crippen LogP contribution < -0.4 is 14.8 Å². The van der Waals surface area contributed by atoms with Crippen LogP contribution in [0.1, 0.15) is 17.9 Å². The van der Waals surface area contributed by atoms with Gasteiger partial charge in [-0.15, -0.1) is 11.8 Å². The van der Waals surface area contributed by atoms with Crippen LogP contribution in [0, 0.1) is 0 Å². The van der Waals surface area contributed by atoms with E-state index in [1.807, 2.05) is 11.8 Å². The Morgan fingerprint density at radius 2 is 2.18 bits per heavy atom. The number of benzene rings is 1. The van der Waals surface area contributed by atoms with Gasteiger partial charge in [-0.2, -0.15) is 0 Å². The fourth-order valence-corrected chi connectivity index (χ4v) is 3.88. The van der Waals surface area contributed by atoms with Crippen LogP contribution in [0.3, 0.4) is 0 Å². The molecule has 0 amide bonds. The van der Waals surface area contributed by atoms with Crippen molar-refractivity contribution in [2.24, 2.45) is 0 Å². The van der Waals surface area contributed by atoms with E-state index < -0.39 is 0 Å². The molecule has 92 valence electrons. The summed E-state index contributed by atoms with van der Waals surface area (Å²) in [7, 11) is 0. The predicted molar refractivity (Wildman–Crippen MR) is 72.9 cm³/mol. The molecule has 2 unspecified atom stereocenters. The fraction of sp³-hybridized carbons (Fsp3) is 0.500. The topological polar surface area (TPSA) is 30.5 Å². The number of thioether (sulfide) groups is 1. The molecule has 1 saturated heterocycles. The third-order valence-electron chi connectivity index (χ3n) is 2.87. The molecule has 1 fully saturated rings. The zero-order valence-corrected chi connectivity index (χ0v) is 11.9. The average molecular weight is 316 g/mol. The van der Waals surface area contributed by atoms with Crippen LogP contribution in [0.2, 0.25) is 0 Å². The number of rotatable bonds is 1. The number of hydrogen-bond donors (Lipinski definition) is 1. The average Bonchev–Trinajstić information content (AvgIpc) is 2.76. The van der Waals surface area contributed by atoms with Gasteiger partial charge in [0, 0.05) is 11.8 Å². The molecule has 2 aliphatic heterocycles. The lowest BCUT2D eigenvalue weighted by Crippen LogP contribution is -2.22. The van der Waals surface area contributed by atoms with E-state index in [0.29, 0.717) is 24.6 Å². The highest BCUT2D eigenvalue weighted by Gasteiger charge is 2.25. The van der Waals surface area contributed by atoms with Gasteiger partial charge in [0.05, 0.1) is 9.85 Å². The summed E-state index contributed by atoms with van der Waals surface area (Å²) in [5, 5.41) is 3.91. The van der Waals surface area contributed by atoms with Crippen LogP contribution in [0.15, 0.2) is 16.6 Å². The minimum Gasteiger partial charge on any atom is -0.486 e. The van der Waals surface area contributed by atoms with Crippen molar-refractivity contribution < 1.29 is 9.47 Å². The van der Waals surface area contributed by atoms with Gasteiger partial charge in [-0.3, -0.25) is 5.32 Å². The minimum absolute atomic E-state index is 0.358. The summed E-state index contributed by atoms with van der Waals surface area (Å²) < 4.78 is 12.2. The van der Waals surface area contributed by atoms with Gasteiger partial charge in [-0.05, 0) is 40.5 Å². The highest BCUT2D eigenvalue weighted by atomic mass is 79.9. The summed E-state index contributed by atoms with van der Waals surface area (Å²) in [5.41, 5.74) is 1.25. The van der Waals surface area contributed by atoms with Crippen LogP contribution in [-0.2, 0) is 0 Å². The minimum atomic E-state index is 0.358. The molecule has 3 rings (SSSR count). The van der Waals surface area contributed by atoms with Crippen LogP contribution in [0.5, 0.6) is 11.5 Å². The number of fused-ring (bicyclic) bond motifs is 1. The summed E-state index contributed by atoms with van der Waals surface area (Å²) in [4.78, 5) is 0. The highest BCUT2D eigenvalue weighted by Crippen LogP contribution is 2.42. The van der Waals surface area contributed by atoms with E-state index in [4.69, 9.17) is 9.47 Å². The van der Waals surface area contributed by atoms with E-state index >= 15 is 0 Å². The molecule has 1 N–H and O–H groups in total. The van der Waals surface area contributed by atoms with Crippen molar-refractivity contribution in [3.8, 4) is 11.5 Å². The zero-order valence-electron chi connectivity index (χ0n) is 9.53. The van der Waals surface area contributed by atoms with Crippen LogP contribution in [-0.4, -0.2) is 25.0 Å². The van der Waals surface area contributed by atoms with Gasteiger partial charge in [0.15, 0.2) is 11.5 Å². The van der Waals surface area contributed by atoms with Gasteiger partial charge in [0.2, 0.25) is 0 Å². The first-order valence-corrected chi connectivity index (χ1v) is 7.55. The van der Waals surface area contributed by atoms with Crippen LogP contribution >= 0.6 is 27.7 Å². The first-order chi connectivity index (χ1) is 8.24. The molecule has 1 aromatic carbocycles. The Morgan fingerprint density at radius 3 is 2.94 bits per heavy atom. The summed E-state index contributed by atoms with van der Waals surface area (Å²) in [6, 6.07) is 4.77. The Balaban J connectivity index is 1.93. The predicted octanol–water partition coefficient (Wildman–Crippen LogP) is 2.94. The van der Waals surface area contributed by atoms with Crippen molar-refractivity contribution in [3.63, 3.8) is 0 Å². The SMILES string of the molecule is CC1CSC(c2cc(Br)c3c(c2)OCCO3)N1. The second kappa shape index (κ2) is 4.71. The smallest absolute Gasteiger partial charge is 0.175 e. The molecule has 2 aliphatic rings. The first-order valence-electron chi connectivity index (χ1n) is 5.71. The molecular weight excluding hydrogens is 302 g/mol. The normalized spacial score (nSPS) is 27.2. The van der Waals surface area contributed by atoms with Crippen molar-refractivity contribution in [3.05, 3.63) is 22.2 Å². The lowest BCUT2D eigenvalue weighted by atomic mass is 10.2. The number of ether oxygens (including phenoxy) is 2. The quantitative estimate of drug-likeness (QED) is 0.863. The van der Waals surface area contributed by atoms with Crippen molar-refractivity contribution >= 4 is 27.7 Å². The maximum atomic E-state index is 5.64. The highest BCUT2D eigenvalue weighted by molar-refractivity contribution is 9.10. The molecule has 17 heavy (non-hydrogen) atoms. The van der Waals surface area contributed by atoms with Gasteiger partial charge >= 0.3 is 0 Å². The monoisotopic (exact) mass is 315 g/mol. The molecule has 0 aromatic heterocycles. The van der Waals surface area contributed by atoms with Crippen molar-refractivity contribution in [1.82, 2.24) is 5.32 Å². The lowest BCUT2D eigenvalue weighted by Gasteiger charge is -2.22. The largest absolute Gasteiger partial charge is 0.486 e. The number of nitrogens with one attached hydrogen (secondary N) is 1. The van der Waals surface area contributed by atoms with Gasteiger partial charge in [0.25, 0.3) is 0 Å². The molecule has 0 radical (unpaired) electrons. The Morgan fingerprint density at radius 1 is 1.35 bits per heavy atom. The van der Waals surface area contributed by atoms with E-state index in [-0.39, 0.29) is 0 Å². The summed E-state index contributed by atoms with van der Waals surface area (Å²) in [6.45, 7) is 3.46. The second-order valence-electron chi connectivity index (χ2n) is 4.31. The summed E-state index contributed by atoms with van der Waals surface area (Å²) in [5.74, 6) is 2.83. The number of hydrogen-bond acceptors (Lipinski definition) is 4. The molecule has 0 bridgehead atoms. The van der Waals surface area contributed by atoms with E-state index in [0.717, 1.165) is 21.7 Å². The van der Waals surface area contributed by atoms with Crippen LogP contribution in [0.4, 0.5) is 0 Å². The van der Waals surface area contributed by atoms with Crippen molar-refractivity contribution in [2.45, 2.75) is 18.3 Å². The molecule has 3 nitrogen and oxygen atoms in total. The third-order valence-corrected chi connectivity index (χ3v) is 4.89. The summed E-state index contributed by atoms with van der Waals surface area (Å²) in [6.07, 6.45) is 0. The van der Waals surface area contributed by atoms with E-state index in [2.05, 4.69) is 40.3 Å². The zero-order chi connectivity index (χ0) is 11.8. The van der Waals surface area contributed by atoms with Gasteiger partial charge in [-0.25, -0.2) is 0 Å². The second-order valence-corrected chi connectivity index (χ2v) is 6.30. The van der Waals surface area contributed by atoms with Crippen LogP contribution in [0.25, 0.3) is 0 Å². The van der Waals surface area contributed by atoms with Crippen molar-refractivity contribution in [1.29, 1.82) is 0 Å². The maximum absolute atomic E-state index is 5.64. The standard InChI is InChI=1S/C12H14BrNO2S/c1-7-6-17-12(14-7)8-4-9(13)11-10(5-8)15-2-3-16-11/h4-5,7,12,14H,2-3,6H2,1H3. The van der Waals surface area contributed by atoms with E-state index in [1.54, 1.807) is 0 Å². The lowest BCUT2D eigenvalue weighted by molar-refractivity contribution is 0.170.